The second-order valence-corrected chi connectivity index (χ2v) is 5.53. The van der Waals surface area contributed by atoms with E-state index in [1.54, 1.807) is 7.11 Å². The molecular weight excluding hydrogens is 302 g/mol. The fraction of sp³-hybridized carbons (Fsp3) is 0.316. The Morgan fingerprint density at radius 3 is 2.67 bits per heavy atom. The van der Waals surface area contributed by atoms with Gasteiger partial charge in [-0.1, -0.05) is 29.8 Å². The van der Waals surface area contributed by atoms with Gasteiger partial charge < -0.3 is 20.5 Å². The van der Waals surface area contributed by atoms with E-state index < -0.39 is 0 Å². The van der Waals surface area contributed by atoms with Gasteiger partial charge in [-0.2, -0.15) is 0 Å². The second-order valence-electron chi connectivity index (χ2n) is 5.53. The minimum atomic E-state index is 0.394. The van der Waals surface area contributed by atoms with Gasteiger partial charge in [0.25, 0.3) is 0 Å². The number of benzene rings is 2. The summed E-state index contributed by atoms with van der Waals surface area (Å²) in [6, 6.07) is 15.9. The smallest absolute Gasteiger partial charge is 0.193 e. The van der Waals surface area contributed by atoms with Crippen LogP contribution < -0.4 is 15.8 Å². The number of hydrogen-bond donors (Lipinski definition) is 2. The lowest BCUT2D eigenvalue weighted by atomic mass is 10.2. The van der Waals surface area contributed by atoms with Gasteiger partial charge in [0.05, 0.1) is 13.2 Å². The normalized spacial score (nSPS) is 11.3. The predicted molar refractivity (Wildman–Crippen MR) is 98.6 cm³/mol. The molecule has 24 heavy (non-hydrogen) atoms. The molecule has 0 atom stereocenters. The van der Waals surface area contributed by atoms with E-state index in [4.69, 9.17) is 15.2 Å². The standard InChI is InChI=1S/C19H25N3O2/c1-15-7-9-17(10-8-15)22-19(20)21-14-16-5-3-6-18(13-16)24-12-4-11-23-2/h3,5-10,13H,4,11-12,14H2,1-2H3,(H3,20,21,22). The highest BCUT2D eigenvalue weighted by molar-refractivity contribution is 5.92. The average molecular weight is 327 g/mol. The largest absolute Gasteiger partial charge is 0.493 e. The first-order chi connectivity index (χ1) is 11.7. The van der Waals surface area contributed by atoms with Crippen molar-refractivity contribution in [3.8, 4) is 5.75 Å². The maximum absolute atomic E-state index is 5.94. The fourth-order valence-corrected chi connectivity index (χ4v) is 2.13. The molecule has 0 saturated heterocycles. The van der Waals surface area contributed by atoms with Crippen LogP contribution in [0, 0.1) is 6.92 Å². The summed E-state index contributed by atoms with van der Waals surface area (Å²) < 4.78 is 10.7. The van der Waals surface area contributed by atoms with Gasteiger partial charge in [-0.05, 0) is 36.8 Å². The number of nitrogens with zero attached hydrogens (tertiary/aromatic N) is 1. The molecule has 2 rings (SSSR count). The molecule has 3 N–H and O–H groups in total. The van der Waals surface area contributed by atoms with Gasteiger partial charge in [-0.3, -0.25) is 0 Å². The van der Waals surface area contributed by atoms with Crippen LogP contribution >= 0.6 is 0 Å². The van der Waals surface area contributed by atoms with E-state index in [-0.39, 0.29) is 0 Å². The molecule has 5 nitrogen and oxygen atoms in total. The quantitative estimate of drug-likeness (QED) is 0.443. The van der Waals surface area contributed by atoms with Crippen molar-refractivity contribution >= 4 is 11.6 Å². The van der Waals surface area contributed by atoms with E-state index in [2.05, 4.69) is 10.3 Å². The fourth-order valence-electron chi connectivity index (χ4n) is 2.13. The molecule has 128 valence electrons. The molecule has 0 aliphatic rings. The molecule has 0 radical (unpaired) electrons. The van der Waals surface area contributed by atoms with Crippen molar-refractivity contribution in [2.75, 3.05) is 25.6 Å². The number of anilines is 1. The number of nitrogens with two attached hydrogens (primary N) is 1. The molecule has 2 aromatic rings. The number of aryl methyl sites for hydroxylation is 1. The molecule has 0 unspecified atom stereocenters. The third-order valence-corrected chi connectivity index (χ3v) is 3.42. The lowest BCUT2D eigenvalue weighted by Gasteiger charge is -2.08. The van der Waals surface area contributed by atoms with Gasteiger partial charge >= 0.3 is 0 Å². The van der Waals surface area contributed by atoms with Crippen LogP contribution in [0.25, 0.3) is 0 Å². The number of ether oxygens (including phenoxy) is 2. The number of guanidine groups is 1. The van der Waals surface area contributed by atoms with Crippen molar-refractivity contribution in [3.05, 3.63) is 59.7 Å². The summed E-state index contributed by atoms with van der Waals surface area (Å²) in [6.45, 7) is 3.88. The summed E-state index contributed by atoms with van der Waals surface area (Å²) in [5.41, 5.74) is 9.12. The Labute approximate surface area is 143 Å². The van der Waals surface area contributed by atoms with Crippen molar-refractivity contribution in [3.63, 3.8) is 0 Å². The summed E-state index contributed by atoms with van der Waals surface area (Å²) >= 11 is 0. The Hall–Kier alpha value is -2.53. The van der Waals surface area contributed by atoms with E-state index in [1.165, 1.54) is 5.56 Å². The maximum atomic E-state index is 5.94. The average Bonchev–Trinajstić information content (AvgIpc) is 2.59. The topological polar surface area (TPSA) is 68.9 Å². The maximum Gasteiger partial charge on any atom is 0.193 e. The van der Waals surface area contributed by atoms with E-state index >= 15 is 0 Å². The first-order valence-electron chi connectivity index (χ1n) is 8.01. The summed E-state index contributed by atoms with van der Waals surface area (Å²) in [6.07, 6.45) is 0.867. The SMILES string of the molecule is COCCCOc1cccc(CN=C(N)Nc2ccc(C)cc2)c1. The highest BCUT2D eigenvalue weighted by atomic mass is 16.5. The lowest BCUT2D eigenvalue weighted by Crippen LogP contribution is -2.22. The van der Waals surface area contributed by atoms with E-state index in [0.717, 1.165) is 23.4 Å². The van der Waals surface area contributed by atoms with Crippen molar-refractivity contribution in [1.29, 1.82) is 0 Å². The highest BCUT2D eigenvalue weighted by Gasteiger charge is 1.99. The van der Waals surface area contributed by atoms with Crippen molar-refractivity contribution in [2.45, 2.75) is 19.9 Å². The van der Waals surface area contributed by atoms with E-state index in [0.29, 0.717) is 25.7 Å². The lowest BCUT2D eigenvalue weighted by molar-refractivity contribution is 0.172. The number of methoxy groups -OCH3 is 1. The van der Waals surface area contributed by atoms with Crippen LogP contribution in [-0.4, -0.2) is 26.3 Å². The first kappa shape index (κ1) is 17.8. The molecule has 2 aromatic carbocycles. The zero-order valence-corrected chi connectivity index (χ0v) is 14.3. The van der Waals surface area contributed by atoms with Gasteiger partial charge in [0.15, 0.2) is 5.96 Å². The summed E-state index contributed by atoms with van der Waals surface area (Å²) in [7, 11) is 1.69. The molecule has 0 aromatic heterocycles. The van der Waals surface area contributed by atoms with Crippen LogP contribution in [0.4, 0.5) is 5.69 Å². The molecule has 5 heteroatoms. The Kier molecular flexibility index (Phi) is 7.11. The molecule has 0 heterocycles. The van der Waals surface area contributed by atoms with Crippen LogP contribution in [0.15, 0.2) is 53.5 Å². The van der Waals surface area contributed by atoms with Crippen LogP contribution in [0.3, 0.4) is 0 Å². The molecule has 0 spiro atoms. The third kappa shape index (κ3) is 6.30. The summed E-state index contributed by atoms with van der Waals surface area (Å²) in [4.78, 5) is 4.37. The minimum Gasteiger partial charge on any atom is -0.493 e. The van der Waals surface area contributed by atoms with Crippen LogP contribution in [0.1, 0.15) is 17.5 Å². The van der Waals surface area contributed by atoms with Gasteiger partial charge in [-0.15, -0.1) is 0 Å². The van der Waals surface area contributed by atoms with Gasteiger partial charge in [0.2, 0.25) is 0 Å². The molecule has 0 fully saturated rings. The Morgan fingerprint density at radius 1 is 1.12 bits per heavy atom. The van der Waals surface area contributed by atoms with E-state index in [1.807, 2.05) is 55.5 Å². The van der Waals surface area contributed by atoms with E-state index in [9.17, 15) is 0 Å². The summed E-state index contributed by atoms with van der Waals surface area (Å²) in [5.74, 6) is 1.23. The minimum absolute atomic E-state index is 0.394. The zero-order valence-electron chi connectivity index (χ0n) is 14.3. The molecule has 0 saturated carbocycles. The molecule has 0 aliphatic carbocycles. The zero-order chi connectivity index (χ0) is 17.2. The number of aliphatic imine (C=N–C) groups is 1. The second kappa shape index (κ2) is 9.57. The monoisotopic (exact) mass is 327 g/mol. The molecular formula is C19H25N3O2. The Balaban J connectivity index is 1.86. The number of hydrogen-bond acceptors (Lipinski definition) is 3. The van der Waals surface area contributed by atoms with Gasteiger partial charge in [-0.25, -0.2) is 4.99 Å². The van der Waals surface area contributed by atoms with Crippen molar-refractivity contribution < 1.29 is 9.47 Å². The molecule has 0 bridgehead atoms. The molecule has 0 amide bonds. The van der Waals surface area contributed by atoms with Crippen LogP contribution in [-0.2, 0) is 11.3 Å². The van der Waals surface area contributed by atoms with Crippen molar-refractivity contribution in [1.82, 2.24) is 0 Å². The van der Waals surface area contributed by atoms with Crippen LogP contribution in [0.5, 0.6) is 5.75 Å². The van der Waals surface area contributed by atoms with Gasteiger partial charge in [0.1, 0.15) is 5.75 Å². The third-order valence-electron chi connectivity index (χ3n) is 3.42. The highest BCUT2D eigenvalue weighted by Crippen LogP contribution is 2.14. The van der Waals surface area contributed by atoms with Crippen LogP contribution in [0.2, 0.25) is 0 Å². The van der Waals surface area contributed by atoms with Crippen molar-refractivity contribution in [2.24, 2.45) is 10.7 Å². The Bertz CT molecular complexity index is 654. The summed E-state index contributed by atoms with van der Waals surface area (Å²) in [5, 5.41) is 3.08. The van der Waals surface area contributed by atoms with Gasteiger partial charge in [0, 0.05) is 25.8 Å². The Morgan fingerprint density at radius 2 is 1.92 bits per heavy atom. The predicted octanol–water partition coefficient (Wildman–Crippen LogP) is 3.34. The number of nitrogens with one attached hydrogen (secondary N) is 1. The first-order valence-corrected chi connectivity index (χ1v) is 8.01. The number of rotatable bonds is 8. The molecule has 0 aliphatic heterocycles.